The molecule has 1 unspecified atom stereocenters. The molecular formula is C31H28F5N5O6. The lowest BCUT2D eigenvalue weighted by Crippen LogP contribution is -2.26. The van der Waals surface area contributed by atoms with Gasteiger partial charge in [0, 0.05) is 18.7 Å². The zero-order valence-corrected chi connectivity index (χ0v) is 25.1. The Kier molecular flexibility index (Phi) is 10.4. The van der Waals surface area contributed by atoms with Crippen LogP contribution >= 0.6 is 0 Å². The number of halogens is 5. The van der Waals surface area contributed by atoms with Gasteiger partial charge in [0.25, 0.3) is 0 Å². The highest BCUT2D eigenvalue weighted by Crippen LogP contribution is 2.40. The fourth-order valence-corrected chi connectivity index (χ4v) is 4.49. The number of benzene rings is 2. The van der Waals surface area contributed by atoms with Crippen LogP contribution in [-0.2, 0) is 25.2 Å². The Bertz CT molecular complexity index is 1790. The normalized spacial score (nSPS) is 12.4. The highest BCUT2D eigenvalue weighted by Gasteiger charge is 2.36. The number of ether oxygens (including phenoxy) is 4. The summed E-state index contributed by atoms with van der Waals surface area (Å²) >= 11 is 0. The maximum atomic E-state index is 14.4. The molecule has 0 spiro atoms. The maximum absolute atomic E-state index is 14.4. The predicted molar refractivity (Wildman–Crippen MR) is 154 cm³/mol. The molecule has 0 bridgehead atoms. The molecule has 1 atom stereocenters. The van der Waals surface area contributed by atoms with Crippen molar-refractivity contribution in [3.63, 3.8) is 0 Å². The number of rotatable bonds is 14. The molecular weight excluding hydrogens is 633 g/mol. The number of imidazole rings is 1. The molecule has 3 heterocycles. The third-order valence-corrected chi connectivity index (χ3v) is 6.71. The molecule has 5 rings (SSSR count). The molecule has 248 valence electrons. The maximum Gasteiger partial charge on any atom is 0.417 e. The van der Waals surface area contributed by atoms with Gasteiger partial charge in [-0.05, 0) is 36.8 Å². The summed E-state index contributed by atoms with van der Waals surface area (Å²) in [6.45, 7) is 2.48. The van der Waals surface area contributed by atoms with Gasteiger partial charge in [-0.2, -0.15) is 18.3 Å². The number of alkyl halides is 3. The smallest absolute Gasteiger partial charge is 0.417 e. The highest BCUT2D eigenvalue weighted by atomic mass is 19.4. The van der Waals surface area contributed by atoms with E-state index in [-0.39, 0.29) is 72.0 Å². The van der Waals surface area contributed by atoms with Crippen molar-refractivity contribution in [2.24, 2.45) is 0 Å². The summed E-state index contributed by atoms with van der Waals surface area (Å²) < 4.78 is 98.0. The van der Waals surface area contributed by atoms with E-state index in [1.54, 1.807) is 0 Å². The molecule has 3 aromatic rings. The quantitative estimate of drug-likeness (QED) is 0.0798. The number of hydrogen-bond donors (Lipinski definition) is 0. The van der Waals surface area contributed by atoms with Crippen LogP contribution in [0.4, 0.5) is 22.0 Å². The van der Waals surface area contributed by atoms with Crippen LogP contribution in [0.25, 0.3) is 34.0 Å². The molecule has 2 aromatic carbocycles. The van der Waals surface area contributed by atoms with Gasteiger partial charge >= 0.3 is 12.1 Å². The van der Waals surface area contributed by atoms with E-state index >= 15 is 0 Å². The zero-order valence-electron chi connectivity index (χ0n) is 25.1. The van der Waals surface area contributed by atoms with E-state index in [9.17, 15) is 26.7 Å². The van der Waals surface area contributed by atoms with Gasteiger partial charge in [0.1, 0.15) is 29.4 Å². The van der Waals surface area contributed by atoms with Crippen LogP contribution in [0.15, 0.2) is 59.4 Å². The minimum Gasteiger partial charge on any atom is -0.494 e. The van der Waals surface area contributed by atoms with E-state index in [2.05, 4.69) is 20.2 Å². The molecule has 0 saturated carbocycles. The highest BCUT2D eigenvalue weighted by molar-refractivity contribution is 5.78. The van der Waals surface area contributed by atoms with Crippen molar-refractivity contribution in [1.82, 2.24) is 24.9 Å². The summed E-state index contributed by atoms with van der Waals surface area (Å²) in [5.74, 6) is -3.45. The minimum atomic E-state index is -4.77. The molecule has 11 nitrogen and oxygen atoms in total. The average Bonchev–Trinajstić information content (AvgIpc) is 3.70. The van der Waals surface area contributed by atoms with E-state index in [0.29, 0.717) is 13.0 Å². The van der Waals surface area contributed by atoms with Crippen LogP contribution in [0.3, 0.4) is 0 Å². The third kappa shape index (κ3) is 7.72. The summed E-state index contributed by atoms with van der Waals surface area (Å²) in [7, 11) is 1.50. The number of carbonyl (C=O) groups excluding carboxylic acids is 1. The lowest BCUT2D eigenvalue weighted by Gasteiger charge is -2.16. The van der Waals surface area contributed by atoms with E-state index < -0.39 is 35.4 Å². The van der Waals surface area contributed by atoms with Crippen LogP contribution in [0, 0.1) is 11.6 Å². The van der Waals surface area contributed by atoms with Gasteiger partial charge in [0.15, 0.2) is 23.2 Å². The van der Waals surface area contributed by atoms with Gasteiger partial charge in [-0.3, -0.25) is 0 Å². The minimum absolute atomic E-state index is 0.0267. The van der Waals surface area contributed by atoms with Crippen LogP contribution in [0.1, 0.15) is 30.7 Å². The van der Waals surface area contributed by atoms with Gasteiger partial charge in [-0.25, -0.2) is 28.2 Å². The first-order valence-corrected chi connectivity index (χ1v) is 14.3. The number of nitrogens with zero attached hydrogens (tertiary/aromatic N) is 5. The van der Waals surface area contributed by atoms with Crippen molar-refractivity contribution < 1.29 is 50.2 Å². The predicted octanol–water partition coefficient (Wildman–Crippen LogP) is 5.98. The van der Waals surface area contributed by atoms with Crippen molar-refractivity contribution in [3.05, 3.63) is 77.8 Å². The number of hydrogen-bond acceptors (Lipinski definition) is 10. The topological polar surface area (TPSA) is 124 Å². The summed E-state index contributed by atoms with van der Waals surface area (Å²) in [5.41, 5.74) is -1.41. The zero-order chi connectivity index (χ0) is 33.6. The van der Waals surface area contributed by atoms with Gasteiger partial charge in [0.2, 0.25) is 6.04 Å². The molecule has 47 heavy (non-hydrogen) atoms. The van der Waals surface area contributed by atoms with Crippen molar-refractivity contribution >= 4 is 5.97 Å². The van der Waals surface area contributed by atoms with Gasteiger partial charge < -0.3 is 23.5 Å². The molecule has 0 fully saturated rings. The van der Waals surface area contributed by atoms with Crippen molar-refractivity contribution in [1.29, 1.82) is 0 Å². The molecule has 16 heteroatoms. The molecule has 0 aliphatic carbocycles. The fraction of sp³-hybridized carbons (Fsp3) is 0.323. The molecule has 0 radical (unpaired) electrons. The van der Waals surface area contributed by atoms with Gasteiger partial charge in [0.05, 0.1) is 49.9 Å². The lowest BCUT2D eigenvalue weighted by molar-refractivity contribution is -0.149. The largest absolute Gasteiger partial charge is 0.494 e. The summed E-state index contributed by atoms with van der Waals surface area (Å²) in [4.78, 5) is 21.9. The number of carbonyl (C=O) groups is 1. The first-order valence-electron chi connectivity index (χ1n) is 14.3. The monoisotopic (exact) mass is 661 g/mol. The summed E-state index contributed by atoms with van der Waals surface area (Å²) in [5, 5.41) is 8.04. The van der Waals surface area contributed by atoms with E-state index in [1.807, 2.05) is 6.92 Å². The van der Waals surface area contributed by atoms with E-state index in [4.69, 9.17) is 23.5 Å². The standard InChI is InChI=1S/C31H28F5N5O6/c1-3-9-45-18-7-8-19(21(14-18)31(34,35)36)23-15-26(47-40-23)28(30(42)46-13-12-44-11-10-43-2)41-17-25-24(16-37-41)38-29(39-25)20-5-4-6-22(32)27(20)33/h4-8,14-17,28H,3,9-13H2,1-2H3. The fourth-order valence-electron chi connectivity index (χ4n) is 4.49. The first kappa shape index (κ1) is 33.4. The Labute approximate surface area is 264 Å². The lowest BCUT2D eigenvalue weighted by atomic mass is 10.0. The van der Waals surface area contributed by atoms with Crippen molar-refractivity contribution in [2.75, 3.05) is 40.1 Å². The number of esters is 1. The molecule has 0 amide bonds. The molecule has 2 aliphatic rings. The Morgan fingerprint density at radius 2 is 1.74 bits per heavy atom. The van der Waals surface area contributed by atoms with Crippen molar-refractivity contribution in [3.8, 4) is 39.8 Å². The second-order valence-corrected chi connectivity index (χ2v) is 10.0. The third-order valence-electron chi connectivity index (χ3n) is 6.71. The Morgan fingerprint density at radius 3 is 2.51 bits per heavy atom. The molecule has 2 aliphatic heterocycles. The van der Waals surface area contributed by atoms with Gasteiger partial charge in [-0.1, -0.05) is 18.1 Å². The number of aromatic nitrogens is 5. The Balaban J connectivity index is 1.50. The number of fused-ring (bicyclic) bond motifs is 1. The van der Waals surface area contributed by atoms with Crippen molar-refractivity contribution in [2.45, 2.75) is 25.6 Å². The second-order valence-electron chi connectivity index (χ2n) is 10.0. The Morgan fingerprint density at radius 1 is 0.957 bits per heavy atom. The summed E-state index contributed by atoms with van der Waals surface area (Å²) in [6, 6.07) is 6.67. The van der Waals surface area contributed by atoms with Crippen LogP contribution in [-0.4, -0.2) is 71.0 Å². The molecule has 1 aromatic heterocycles. The molecule has 0 saturated heterocycles. The van der Waals surface area contributed by atoms with Crippen LogP contribution < -0.4 is 4.74 Å². The summed E-state index contributed by atoms with van der Waals surface area (Å²) in [6.07, 6.45) is -1.65. The van der Waals surface area contributed by atoms with Gasteiger partial charge in [-0.15, -0.1) is 0 Å². The second kappa shape index (κ2) is 14.6. The SMILES string of the molecule is CCCOc1ccc(-c2cc(C(C(=O)OCCOCCOC)n3cc4nc(-c5cccc(F)c5F)nc-4cn3)on2)c(C(F)(F)F)c1. The number of methoxy groups -OCH3 is 1. The first-order chi connectivity index (χ1) is 22.6. The van der Waals surface area contributed by atoms with Crippen LogP contribution in [0.5, 0.6) is 5.75 Å². The average molecular weight is 662 g/mol. The van der Waals surface area contributed by atoms with Crippen LogP contribution in [0.2, 0.25) is 0 Å². The molecule has 0 N–H and O–H groups in total. The van der Waals surface area contributed by atoms with E-state index in [0.717, 1.165) is 16.8 Å². The van der Waals surface area contributed by atoms with E-state index in [1.165, 1.54) is 49.8 Å². The Hall–Kier alpha value is -4.96.